The normalized spacial score (nSPS) is 16.7. The number of ether oxygens (including phenoxy) is 4. The van der Waals surface area contributed by atoms with Crippen molar-refractivity contribution in [2.45, 2.75) is 38.6 Å². The van der Waals surface area contributed by atoms with Gasteiger partial charge < -0.3 is 34.9 Å². The van der Waals surface area contributed by atoms with Crippen molar-refractivity contribution in [3.8, 4) is 28.4 Å². The average molecular weight is 540 g/mol. The number of fused-ring (bicyclic) bond motifs is 3. The zero-order chi connectivity index (χ0) is 27.9. The second-order valence-corrected chi connectivity index (χ2v) is 9.81. The fraction of sp³-hybridized carbons (Fsp3) is 0.483. The van der Waals surface area contributed by atoms with Gasteiger partial charge in [-0.05, 0) is 66.5 Å². The van der Waals surface area contributed by atoms with E-state index in [1.807, 2.05) is 12.1 Å². The summed E-state index contributed by atoms with van der Waals surface area (Å²) in [5, 5.41) is 8.93. The Kier molecular flexibility index (Phi) is 9.29. The molecule has 1 atom stereocenters. The zero-order valence-electron chi connectivity index (χ0n) is 23.0. The fourth-order valence-electron chi connectivity index (χ4n) is 5.30. The van der Waals surface area contributed by atoms with Gasteiger partial charge in [0.1, 0.15) is 0 Å². The lowest BCUT2D eigenvalue weighted by Crippen LogP contribution is -2.36. The number of carbonyl (C=O) groups excluding carboxylic acids is 2. The molecule has 0 spiro atoms. The summed E-state index contributed by atoms with van der Waals surface area (Å²) in [6, 6.07) is 6.53. The third kappa shape index (κ3) is 6.44. The number of anilines is 1. The molecule has 10 heteroatoms. The van der Waals surface area contributed by atoms with E-state index >= 15 is 0 Å². The van der Waals surface area contributed by atoms with Gasteiger partial charge in [0, 0.05) is 32.2 Å². The van der Waals surface area contributed by atoms with Gasteiger partial charge >= 0.3 is 0 Å². The lowest BCUT2D eigenvalue weighted by molar-refractivity contribution is -0.120. The summed E-state index contributed by atoms with van der Waals surface area (Å²) in [6.45, 7) is 3.45. The SMILES string of the molecule is COc1cc2c(c(OC)c1OC)-c1ccc(NCC(=O)NCC3CCOCC3)c(=O)cc1C(NC(C)=O)CC2. The Hall–Kier alpha value is -3.79. The largest absolute Gasteiger partial charge is 0.493 e. The summed E-state index contributed by atoms with van der Waals surface area (Å²) >= 11 is 0. The number of aryl methyl sites for hydroxylation is 1. The van der Waals surface area contributed by atoms with E-state index in [4.69, 9.17) is 18.9 Å². The molecule has 3 N–H and O–H groups in total. The minimum Gasteiger partial charge on any atom is -0.493 e. The summed E-state index contributed by atoms with van der Waals surface area (Å²) in [7, 11) is 4.66. The second kappa shape index (κ2) is 12.8. The monoisotopic (exact) mass is 539 g/mol. The molecule has 1 heterocycles. The van der Waals surface area contributed by atoms with Crippen molar-refractivity contribution in [2.75, 3.05) is 52.9 Å². The molecule has 0 aromatic heterocycles. The van der Waals surface area contributed by atoms with Crippen molar-refractivity contribution in [3.05, 3.63) is 45.6 Å². The summed E-state index contributed by atoms with van der Waals surface area (Å²) in [5.41, 5.74) is 3.11. The predicted octanol–water partition coefficient (Wildman–Crippen LogP) is 2.82. The highest BCUT2D eigenvalue weighted by molar-refractivity contribution is 5.84. The molecule has 2 amide bonds. The number of nitrogens with one attached hydrogen (secondary N) is 3. The third-order valence-electron chi connectivity index (χ3n) is 7.28. The van der Waals surface area contributed by atoms with Crippen molar-refractivity contribution in [1.82, 2.24) is 10.6 Å². The maximum absolute atomic E-state index is 13.3. The summed E-state index contributed by atoms with van der Waals surface area (Å²) in [4.78, 5) is 37.9. The minimum absolute atomic E-state index is 0.0345. The van der Waals surface area contributed by atoms with Gasteiger partial charge in [0.2, 0.25) is 23.0 Å². The third-order valence-corrected chi connectivity index (χ3v) is 7.28. The minimum atomic E-state index is -0.401. The van der Waals surface area contributed by atoms with Crippen LogP contribution in [-0.4, -0.2) is 59.4 Å². The van der Waals surface area contributed by atoms with Gasteiger partial charge in [0.15, 0.2) is 11.5 Å². The van der Waals surface area contributed by atoms with Crippen molar-refractivity contribution in [2.24, 2.45) is 5.92 Å². The van der Waals surface area contributed by atoms with E-state index in [9.17, 15) is 14.4 Å². The number of hydrogen-bond acceptors (Lipinski definition) is 8. The second-order valence-electron chi connectivity index (χ2n) is 9.81. The van der Waals surface area contributed by atoms with Crippen LogP contribution in [0.3, 0.4) is 0 Å². The quantitative estimate of drug-likeness (QED) is 0.445. The molecular weight excluding hydrogens is 502 g/mol. The standard InChI is InChI=1S/C29H37N3O7/c1-17(33)32-22-7-5-19-13-25(36-2)28(37-3)29(38-4)27(19)20-6-8-23(24(34)14-21(20)22)30-16-26(35)31-15-18-9-11-39-12-10-18/h6,8,13-14,18,22H,5,7,9-12,15-16H2,1-4H3,(H,30,34)(H,31,35)(H,32,33). The molecule has 1 saturated heterocycles. The van der Waals surface area contributed by atoms with Crippen LogP contribution in [0.15, 0.2) is 29.1 Å². The van der Waals surface area contributed by atoms with Crippen LogP contribution < -0.4 is 35.6 Å². The van der Waals surface area contributed by atoms with Gasteiger partial charge in [-0.25, -0.2) is 0 Å². The van der Waals surface area contributed by atoms with E-state index < -0.39 is 6.04 Å². The first-order chi connectivity index (χ1) is 18.9. The van der Waals surface area contributed by atoms with E-state index in [-0.39, 0.29) is 29.5 Å². The highest BCUT2D eigenvalue weighted by Gasteiger charge is 2.29. The van der Waals surface area contributed by atoms with Crippen LogP contribution in [0.25, 0.3) is 11.1 Å². The molecule has 2 aromatic carbocycles. The van der Waals surface area contributed by atoms with Crippen LogP contribution in [0.4, 0.5) is 5.69 Å². The fourth-order valence-corrected chi connectivity index (χ4v) is 5.30. The van der Waals surface area contributed by atoms with Crippen molar-refractivity contribution < 1.29 is 28.5 Å². The van der Waals surface area contributed by atoms with Gasteiger partial charge in [0.05, 0.1) is 39.6 Å². The molecular formula is C29H37N3O7. The van der Waals surface area contributed by atoms with E-state index in [1.54, 1.807) is 27.4 Å². The molecule has 10 nitrogen and oxygen atoms in total. The average Bonchev–Trinajstić information content (AvgIpc) is 3.18. The number of benzene rings is 1. The molecule has 1 unspecified atom stereocenters. The molecule has 4 rings (SSSR count). The molecule has 1 aliphatic heterocycles. The topological polar surface area (TPSA) is 124 Å². The Labute approximate surface area is 228 Å². The number of carbonyl (C=O) groups is 2. The van der Waals surface area contributed by atoms with Crippen LogP contribution >= 0.6 is 0 Å². The smallest absolute Gasteiger partial charge is 0.239 e. The van der Waals surface area contributed by atoms with Crippen LogP contribution in [-0.2, 0) is 20.7 Å². The number of methoxy groups -OCH3 is 3. The highest BCUT2D eigenvalue weighted by atomic mass is 16.5. The summed E-state index contributed by atoms with van der Waals surface area (Å²) in [6.07, 6.45) is 3.03. The van der Waals surface area contributed by atoms with Gasteiger partial charge in [-0.3, -0.25) is 14.4 Å². The van der Waals surface area contributed by atoms with Crippen molar-refractivity contribution >= 4 is 17.5 Å². The molecule has 2 aromatic rings. The van der Waals surface area contributed by atoms with Crippen LogP contribution in [0.5, 0.6) is 17.2 Å². The van der Waals surface area contributed by atoms with Gasteiger partial charge in [-0.2, -0.15) is 0 Å². The molecule has 1 fully saturated rings. The Morgan fingerprint density at radius 3 is 2.41 bits per heavy atom. The Balaban J connectivity index is 1.70. The van der Waals surface area contributed by atoms with Crippen molar-refractivity contribution in [3.63, 3.8) is 0 Å². The van der Waals surface area contributed by atoms with E-state index in [1.165, 1.54) is 13.0 Å². The Morgan fingerprint density at radius 1 is 1.00 bits per heavy atom. The molecule has 0 bridgehead atoms. The first-order valence-electron chi connectivity index (χ1n) is 13.2. The van der Waals surface area contributed by atoms with Gasteiger partial charge in [-0.1, -0.05) is 6.07 Å². The van der Waals surface area contributed by atoms with E-state index in [0.29, 0.717) is 48.1 Å². The molecule has 0 radical (unpaired) electrons. The van der Waals surface area contributed by atoms with E-state index in [0.717, 1.165) is 42.7 Å². The predicted molar refractivity (Wildman–Crippen MR) is 148 cm³/mol. The lowest BCUT2D eigenvalue weighted by Gasteiger charge is -2.22. The maximum Gasteiger partial charge on any atom is 0.239 e. The zero-order valence-corrected chi connectivity index (χ0v) is 23.0. The lowest BCUT2D eigenvalue weighted by atomic mass is 9.95. The Bertz CT molecular complexity index is 1270. The summed E-state index contributed by atoms with van der Waals surface area (Å²) in [5.74, 6) is 1.48. The van der Waals surface area contributed by atoms with Crippen LogP contribution in [0.1, 0.15) is 43.4 Å². The number of amides is 2. The van der Waals surface area contributed by atoms with Crippen molar-refractivity contribution in [1.29, 1.82) is 0 Å². The summed E-state index contributed by atoms with van der Waals surface area (Å²) < 4.78 is 22.4. The number of rotatable bonds is 9. The highest BCUT2D eigenvalue weighted by Crippen LogP contribution is 2.50. The molecule has 2 aliphatic rings. The first-order valence-corrected chi connectivity index (χ1v) is 13.2. The molecule has 210 valence electrons. The van der Waals surface area contributed by atoms with Gasteiger partial charge in [-0.15, -0.1) is 0 Å². The molecule has 0 saturated carbocycles. The van der Waals surface area contributed by atoms with E-state index in [2.05, 4.69) is 16.0 Å². The number of hydrogen-bond donors (Lipinski definition) is 3. The van der Waals surface area contributed by atoms with Crippen LogP contribution in [0.2, 0.25) is 0 Å². The first kappa shape index (κ1) is 28.2. The van der Waals surface area contributed by atoms with Gasteiger partial charge in [0.25, 0.3) is 0 Å². The maximum atomic E-state index is 13.3. The van der Waals surface area contributed by atoms with Crippen LogP contribution in [0, 0.1) is 5.92 Å². The Morgan fingerprint density at radius 2 is 1.74 bits per heavy atom. The molecule has 39 heavy (non-hydrogen) atoms. The molecule has 1 aliphatic carbocycles.